The summed E-state index contributed by atoms with van der Waals surface area (Å²) in [6.07, 6.45) is 10.5. The van der Waals surface area contributed by atoms with Crippen LogP contribution in [0.4, 0.5) is 0 Å². The zero-order chi connectivity index (χ0) is 25.1. The topological polar surface area (TPSA) is 74.2 Å². The van der Waals surface area contributed by atoms with Crippen molar-refractivity contribution in [3.63, 3.8) is 0 Å². The summed E-state index contributed by atoms with van der Waals surface area (Å²) in [5.74, 6) is 2.68. The van der Waals surface area contributed by atoms with Crippen molar-refractivity contribution in [3.05, 3.63) is 42.0 Å². The number of fused-ring (bicyclic) bond motifs is 3. The third kappa shape index (κ3) is 5.47. The van der Waals surface area contributed by atoms with Crippen molar-refractivity contribution in [2.45, 2.75) is 83.2 Å². The summed E-state index contributed by atoms with van der Waals surface area (Å²) in [5.41, 5.74) is 3.48. The van der Waals surface area contributed by atoms with E-state index in [0.29, 0.717) is 29.8 Å². The maximum Gasteiger partial charge on any atom is 0.219 e. The largest absolute Gasteiger partial charge is 0.343 e. The predicted octanol–water partition coefficient (Wildman–Crippen LogP) is 4.22. The van der Waals surface area contributed by atoms with Crippen LogP contribution >= 0.6 is 0 Å². The third-order valence-corrected chi connectivity index (χ3v) is 8.95. The number of rotatable bonds is 8. The molecule has 4 fully saturated rings. The molecule has 4 aliphatic rings. The van der Waals surface area contributed by atoms with Gasteiger partial charge in [0.1, 0.15) is 0 Å². The Kier molecular flexibility index (Phi) is 7.96. The summed E-state index contributed by atoms with van der Waals surface area (Å²) in [6, 6.07) is 7.51. The van der Waals surface area contributed by atoms with Crippen LogP contribution in [-0.2, 0) is 4.79 Å². The molecule has 7 nitrogen and oxygen atoms in total. The molecule has 0 aliphatic carbocycles. The maximum absolute atomic E-state index is 11.6. The van der Waals surface area contributed by atoms with Gasteiger partial charge in [-0.2, -0.15) is 0 Å². The molecule has 0 aromatic carbocycles. The first-order chi connectivity index (χ1) is 17.6. The van der Waals surface area contributed by atoms with Crippen LogP contribution in [0.5, 0.6) is 0 Å². The predicted molar refractivity (Wildman–Crippen MR) is 143 cm³/mol. The van der Waals surface area contributed by atoms with E-state index in [0.717, 1.165) is 63.3 Å². The highest BCUT2D eigenvalue weighted by Gasteiger charge is 2.41. The molecular weight excluding hydrogens is 448 g/mol. The number of hydrogen-bond donors (Lipinski definition) is 1. The molecule has 6 heterocycles. The monoisotopic (exact) mass is 490 g/mol. The molecule has 2 bridgehead atoms. The summed E-state index contributed by atoms with van der Waals surface area (Å²) >= 11 is 0. The fourth-order valence-corrected chi connectivity index (χ4v) is 6.61. The summed E-state index contributed by atoms with van der Waals surface area (Å²) in [7, 11) is 0. The number of hydrogen-bond acceptors (Lipinski definition) is 6. The molecule has 0 radical (unpaired) electrons. The standard InChI is InChI=1S/C29H42N6O/c1-4-21(5-2)27-17-28(33-29(32-27)22-6-11-30-12-7-22)26-19-35-13-8-23(26)16-25(35)18-31-24-9-14-34(15-10-24)20(3)36/h6-7,11-12,17,21,23-26,31H,4-5,8-10,13-16,18-19H2,1-3H3/t23-,25+,26-/m0/s1. The quantitative estimate of drug-likeness (QED) is 0.597. The van der Waals surface area contributed by atoms with E-state index in [-0.39, 0.29) is 5.91 Å². The Hall–Kier alpha value is -2.38. The minimum Gasteiger partial charge on any atom is -0.343 e. The summed E-state index contributed by atoms with van der Waals surface area (Å²) in [4.78, 5) is 30.7. The molecule has 7 heteroatoms. The van der Waals surface area contributed by atoms with Gasteiger partial charge in [0, 0.05) is 86.4 Å². The molecule has 1 amide bonds. The number of nitrogens with zero attached hydrogens (tertiary/aromatic N) is 5. The number of likely N-dealkylation sites (tertiary alicyclic amines) is 1. The number of aromatic nitrogens is 3. The van der Waals surface area contributed by atoms with E-state index in [1.54, 1.807) is 6.92 Å². The molecule has 4 saturated heterocycles. The van der Waals surface area contributed by atoms with Crippen LogP contribution in [0, 0.1) is 5.92 Å². The van der Waals surface area contributed by atoms with Gasteiger partial charge in [0.2, 0.25) is 5.91 Å². The summed E-state index contributed by atoms with van der Waals surface area (Å²) in [5, 5.41) is 3.85. The molecule has 4 aliphatic heterocycles. The molecule has 1 unspecified atom stereocenters. The first-order valence-electron chi connectivity index (χ1n) is 14.1. The number of amides is 1. The zero-order valence-corrected chi connectivity index (χ0v) is 22.2. The van der Waals surface area contributed by atoms with Crippen LogP contribution < -0.4 is 5.32 Å². The average Bonchev–Trinajstić information content (AvgIpc) is 2.93. The first kappa shape index (κ1) is 25.3. The van der Waals surface area contributed by atoms with Gasteiger partial charge in [0.05, 0.1) is 0 Å². The van der Waals surface area contributed by atoms with Crippen molar-refractivity contribution in [1.29, 1.82) is 0 Å². The van der Waals surface area contributed by atoms with Crippen molar-refractivity contribution in [2.75, 3.05) is 32.7 Å². The van der Waals surface area contributed by atoms with E-state index in [9.17, 15) is 4.79 Å². The second kappa shape index (κ2) is 11.3. The highest BCUT2D eigenvalue weighted by molar-refractivity contribution is 5.73. The van der Waals surface area contributed by atoms with Gasteiger partial charge in [-0.25, -0.2) is 9.97 Å². The Morgan fingerprint density at radius 2 is 1.83 bits per heavy atom. The van der Waals surface area contributed by atoms with E-state index in [4.69, 9.17) is 9.97 Å². The van der Waals surface area contributed by atoms with Gasteiger partial charge in [0.15, 0.2) is 5.82 Å². The van der Waals surface area contributed by atoms with Crippen LogP contribution in [0.25, 0.3) is 11.4 Å². The Bertz CT molecular complexity index is 1020. The Balaban J connectivity index is 1.28. The van der Waals surface area contributed by atoms with Crippen molar-refractivity contribution in [2.24, 2.45) is 5.92 Å². The minimum atomic E-state index is 0.208. The van der Waals surface area contributed by atoms with E-state index in [1.807, 2.05) is 29.4 Å². The zero-order valence-electron chi connectivity index (χ0n) is 22.2. The van der Waals surface area contributed by atoms with Crippen LogP contribution in [0.2, 0.25) is 0 Å². The second-order valence-electron chi connectivity index (χ2n) is 11.0. The van der Waals surface area contributed by atoms with Crippen molar-refractivity contribution in [3.8, 4) is 11.4 Å². The third-order valence-electron chi connectivity index (χ3n) is 8.95. The minimum absolute atomic E-state index is 0.208. The number of carbonyl (C=O) groups excluding carboxylic acids is 1. The number of piperidine rings is 4. The lowest BCUT2D eigenvalue weighted by Gasteiger charge is -2.50. The highest BCUT2D eigenvalue weighted by Crippen LogP contribution is 2.42. The van der Waals surface area contributed by atoms with E-state index in [1.165, 1.54) is 30.8 Å². The Morgan fingerprint density at radius 3 is 2.47 bits per heavy atom. The first-order valence-corrected chi connectivity index (χ1v) is 14.1. The molecule has 0 spiro atoms. The lowest BCUT2D eigenvalue weighted by atomic mass is 9.73. The van der Waals surface area contributed by atoms with E-state index >= 15 is 0 Å². The van der Waals surface area contributed by atoms with Gasteiger partial charge in [-0.15, -0.1) is 0 Å². The van der Waals surface area contributed by atoms with Gasteiger partial charge in [0.25, 0.3) is 0 Å². The van der Waals surface area contributed by atoms with Crippen LogP contribution in [0.3, 0.4) is 0 Å². The number of pyridine rings is 1. The van der Waals surface area contributed by atoms with E-state index < -0.39 is 0 Å². The van der Waals surface area contributed by atoms with Crippen molar-refractivity contribution in [1.82, 2.24) is 30.1 Å². The Labute approximate surface area is 216 Å². The fraction of sp³-hybridized carbons (Fsp3) is 0.655. The average molecular weight is 491 g/mol. The van der Waals surface area contributed by atoms with Gasteiger partial charge >= 0.3 is 0 Å². The maximum atomic E-state index is 11.6. The second-order valence-corrected chi connectivity index (χ2v) is 11.0. The van der Waals surface area contributed by atoms with E-state index in [2.05, 4.69) is 35.1 Å². The summed E-state index contributed by atoms with van der Waals surface area (Å²) in [6.45, 7) is 11.3. The van der Waals surface area contributed by atoms with Gasteiger partial charge in [-0.1, -0.05) is 13.8 Å². The molecule has 4 atom stereocenters. The number of carbonyl (C=O) groups is 1. The normalized spacial score (nSPS) is 26.5. The summed E-state index contributed by atoms with van der Waals surface area (Å²) < 4.78 is 0. The van der Waals surface area contributed by atoms with Crippen LogP contribution in [-0.4, -0.2) is 75.5 Å². The molecule has 6 rings (SSSR count). The van der Waals surface area contributed by atoms with Crippen molar-refractivity contribution >= 4 is 5.91 Å². The lowest BCUT2D eigenvalue weighted by molar-refractivity contribution is -0.129. The van der Waals surface area contributed by atoms with Crippen LogP contribution in [0.15, 0.2) is 30.6 Å². The molecule has 2 aromatic heterocycles. The van der Waals surface area contributed by atoms with Crippen molar-refractivity contribution < 1.29 is 4.79 Å². The lowest BCUT2D eigenvalue weighted by Crippen LogP contribution is -2.57. The van der Waals surface area contributed by atoms with Gasteiger partial charge < -0.3 is 10.2 Å². The SMILES string of the molecule is CCC(CC)c1cc([C@H]2CN3CC[C@H]2C[C@@H]3CNC2CCN(C(C)=O)CC2)nc(-c2ccncc2)n1. The van der Waals surface area contributed by atoms with Gasteiger partial charge in [-0.3, -0.25) is 14.7 Å². The molecular formula is C29H42N6O. The number of nitrogens with one attached hydrogen (secondary N) is 1. The van der Waals surface area contributed by atoms with Gasteiger partial charge in [-0.05, 0) is 69.2 Å². The fourth-order valence-electron chi connectivity index (χ4n) is 6.61. The highest BCUT2D eigenvalue weighted by atomic mass is 16.2. The molecule has 194 valence electrons. The molecule has 0 saturated carbocycles. The smallest absolute Gasteiger partial charge is 0.219 e. The Morgan fingerprint density at radius 1 is 1.08 bits per heavy atom. The molecule has 2 aromatic rings. The molecule has 1 N–H and O–H groups in total. The molecule has 36 heavy (non-hydrogen) atoms. The van der Waals surface area contributed by atoms with Crippen LogP contribution in [0.1, 0.15) is 82.5 Å².